The van der Waals surface area contributed by atoms with Crippen LogP contribution in [0.2, 0.25) is 0 Å². The van der Waals surface area contributed by atoms with Crippen LogP contribution in [0.5, 0.6) is 0 Å². The number of aliphatic hydroxyl groups is 7. The highest BCUT2D eigenvalue weighted by Crippen LogP contribution is 2.27. The zero-order valence-corrected chi connectivity index (χ0v) is 46.8. The van der Waals surface area contributed by atoms with Gasteiger partial charge in [-0.1, -0.05) is 224 Å². The third kappa shape index (κ3) is 33.7. The Balaban J connectivity index is 1.69. The Morgan fingerprint density at radius 1 is 0.446 bits per heavy atom. The molecule has 0 amide bonds. The number of carbonyl (C=O) groups excluding carboxylic acids is 1. The van der Waals surface area contributed by atoms with Crippen LogP contribution < -0.4 is 0 Å². The Morgan fingerprint density at radius 3 is 1.30 bits per heavy atom. The van der Waals surface area contributed by atoms with Gasteiger partial charge in [0, 0.05) is 13.0 Å². The molecule has 2 rings (SSSR count). The van der Waals surface area contributed by atoms with Gasteiger partial charge in [0.25, 0.3) is 0 Å². The Bertz CT molecular complexity index is 1320. The minimum Gasteiger partial charge on any atom is -0.457 e. The quantitative estimate of drug-likeness (QED) is 0.0172. The van der Waals surface area contributed by atoms with Gasteiger partial charge in [-0.05, 0) is 44.9 Å². The fourth-order valence-corrected chi connectivity index (χ4v) is 9.79. The maximum absolute atomic E-state index is 13.1. The highest BCUT2D eigenvalue weighted by atomic mass is 16.7. The van der Waals surface area contributed by atoms with Crippen LogP contribution in [0, 0.1) is 0 Å². The molecule has 14 nitrogen and oxygen atoms in total. The number of esters is 1. The van der Waals surface area contributed by atoms with Crippen molar-refractivity contribution in [2.24, 2.45) is 0 Å². The summed E-state index contributed by atoms with van der Waals surface area (Å²) in [5.41, 5.74) is 0. The van der Waals surface area contributed by atoms with Crippen molar-refractivity contribution in [3.63, 3.8) is 0 Å². The van der Waals surface area contributed by atoms with E-state index >= 15 is 0 Å². The molecule has 436 valence electrons. The smallest absolute Gasteiger partial charge is 0.306 e. The van der Waals surface area contributed by atoms with Crippen molar-refractivity contribution >= 4 is 5.97 Å². The van der Waals surface area contributed by atoms with Gasteiger partial charge in [-0.25, -0.2) is 0 Å². The standard InChI is InChI=1S/C60H112O14/c1-3-5-7-9-11-13-15-17-19-21-23-24-25-26-28-30-32-34-36-38-40-42-44-69-46-49(72-52(62)43-41-39-37-35-33-31-29-27-22-20-18-16-14-12-10-8-6-4-2)47-70-59-58(68)56(66)54(64)51(74-59)48-71-60-57(67)55(65)53(63)50(45-61)73-60/h15,17,21,23,49-51,53-61,63-68H,3-14,16,18-20,22,24-48H2,1-2H3/b17-15-,23-21-. The summed E-state index contributed by atoms with van der Waals surface area (Å²) in [6, 6.07) is 0. The molecule has 2 fully saturated rings. The third-order valence-corrected chi connectivity index (χ3v) is 14.7. The van der Waals surface area contributed by atoms with E-state index in [1.165, 1.54) is 180 Å². The number of allylic oxidation sites excluding steroid dienone is 4. The predicted octanol–water partition coefficient (Wildman–Crippen LogP) is 11.1. The lowest BCUT2D eigenvalue weighted by atomic mass is 9.98. The average Bonchev–Trinajstić information content (AvgIpc) is 3.40. The summed E-state index contributed by atoms with van der Waals surface area (Å²) in [5, 5.41) is 72.4. The second kappa shape index (κ2) is 47.5. The average molecular weight is 1060 g/mol. The lowest BCUT2D eigenvalue weighted by Gasteiger charge is -2.42. The first kappa shape index (κ1) is 68.6. The van der Waals surface area contributed by atoms with Crippen molar-refractivity contribution in [2.45, 2.75) is 319 Å². The molecule has 2 saturated heterocycles. The second-order valence-corrected chi connectivity index (χ2v) is 21.5. The first-order valence-electron chi connectivity index (χ1n) is 30.4. The van der Waals surface area contributed by atoms with Crippen molar-refractivity contribution in [1.29, 1.82) is 0 Å². The van der Waals surface area contributed by atoms with E-state index in [2.05, 4.69) is 38.2 Å². The fraction of sp³-hybridized carbons (Fsp3) is 0.917. The van der Waals surface area contributed by atoms with Crippen molar-refractivity contribution in [1.82, 2.24) is 0 Å². The molecule has 0 aromatic rings. The molecule has 11 unspecified atom stereocenters. The van der Waals surface area contributed by atoms with E-state index in [0.29, 0.717) is 13.0 Å². The molecule has 0 saturated carbocycles. The number of aliphatic hydroxyl groups excluding tert-OH is 7. The Morgan fingerprint density at radius 2 is 0.838 bits per heavy atom. The van der Waals surface area contributed by atoms with Crippen molar-refractivity contribution in [2.75, 3.05) is 33.0 Å². The molecule has 11 atom stereocenters. The molecule has 2 heterocycles. The number of rotatable bonds is 50. The zero-order chi connectivity index (χ0) is 53.7. The van der Waals surface area contributed by atoms with Gasteiger partial charge in [-0.2, -0.15) is 0 Å². The maximum atomic E-state index is 13.1. The van der Waals surface area contributed by atoms with Crippen LogP contribution in [0.25, 0.3) is 0 Å². The van der Waals surface area contributed by atoms with Gasteiger partial charge in [-0.15, -0.1) is 0 Å². The first-order valence-corrected chi connectivity index (χ1v) is 30.4. The van der Waals surface area contributed by atoms with Crippen LogP contribution in [0.3, 0.4) is 0 Å². The number of hydrogen-bond acceptors (Lipinski definition) is 14. The Hall–Kier alpha value is -1.53. The molecular formula is C60H112O14. The van der Waals surface area contributed by atoms with Gasteiger partial charge in [0.15, 0.2) is 12.6 Å². The predicted molar refractivity (Wildman–Crippen MR) is 294 cm³/mol. The number of carbonyl (C=O) groups is 1. The van der Waals surface area contributed by atoms with Crippen LogP contribution in [0.4, 0.5) is 0 Å². The van der Waals surface area contributed by atoms with E-state index in [-0.39, 0.29) is 25.6 Å². The van der Waals surface area contributed by atoms with Crippen molar-refractivity contribution in [3.8, 4) is 0 Å². The van der Waals surface area contributed by atoms with Gasteiger partial charge in [0.2, 0.25) is 0 Å². The zero-order valence-electron chi connectivity index (χ0n) is 46.8. The summed E-state index contributed by atoms with van der Waals surface area (Å²) in [5.74, 6) is -0.371. The molecule has 2 aliphatic heterocycles. The summed E-state index contributed by atoms with van der Waals surface area (Å²) >= 11 is 0. The molecule has 0 aliphatic carbocycles. The molecule has 74 heavy (non-hydrogen) atoms. The van der Waals surface area contributed by atoms with Crippen molar-refractivity contribution < 1.29 is 69.0 Å². The molecule has 0 aromatic carbocycles. The molecule has 2 aliphatic rings. The number of hydrogen-bond donors (Lipinski definition) is 7. The van der Waals surface area contributed by atoms with Gasteiger partial charge in [0.1, 0.15) is 54.9 Å². The van der Waals surface area contributed by atoms with Crippen LogP contribution in [-0.2, 0) is 33.2 Å². The molecule has 0 radical (unpaired) electrons. The summed E-state index contributed by atoms with van der Waals surface area (Å²) in [7, 11) is 0. The lowest BCUT2D eigenvalue weighted by molar-refractivity contribution is -0.332. The van der Waals surface area contributed by atoms with Gasteiger partial charge in [-0.3, -0.25) is 4.79 Å². The van der Waals surface area contributed by atoms with E-state index in [1.54, 1.807) is 0 Å². The van der Waals surface area contributed by atoms with E-state index in [9.17, 15) is 40.5 Å². The van der Waals surface area contributed by atoms with Crippen LogP contribution in [-0.4, -0.2) is 142 Å². The van der Waals surface area contributed by atoms with Crippen LogP contribution in [0.1, 0.15) is 251 Å². The lowest BCUT2D eigenvalue weighted by Crippen LogP contribution is -2.61. The highest BCUT2D eigenvalue weighted by molar-refractivity contribution is 5.69. The van der Waals surface area contributed by atoms with Gasteiger partial charge >= 0.3 is 5.97 Å². The van der Waals surface area contributed by atoms with E-state index in [0.717, 1.165) is 44.9 Å². The molecular weight excluding hydrogens is 945 g/mol. The van der Waals surface area contributed by atoms with Crippen LogP contribution >= 0.6 is 0 Å². The largest absolute Gasteiger partial charge is 0.457 e. The highest BCUT2D eigenvalue weighted by Gasteiger charge is 2.47. The van der Waals surface area contributed by atoms with Crippen molar-refractivity contribution in [3.05, 3.63) is 24.3 Å². The molecule has 7 N–H and O–H groups in total. The first-order chi connectivity index (χ1) is 36.1. The second-order valence-electron chi connectivity index (χ2n) is 21.5. The monoisotopic (exact) mass is 1060 g/mol. The molecule has 0 bridgehead atoms. The minimum atomic E-state index is -1.70. The fourth-order valence-electron chi connectivity index (χ4n) is 9.79. The summed E-state index contributed by atoms with van der Waals surface area (Å²) in [6.07, 6.45) is 38.1. The van der Waals surface area contributed by atoms with Gasteiger partial charge < -0.3 is 64.2 Å². The van der Waals surface area contributed by atoms with E-state index in [4.69, 9.17) is 28.4 Å². The minimum absolute atomic E-state index is 0.0641. The van der Waals surface area contributed by atoms with Crippen LogP contribution in [0.15, 0.2) is 24.3 Å². The number of unbranched alkanes of at least 4 members (excludes halogenated alkanes) is 32. The molecule has 14 heteroatoms. The van der Waals surface area contributed by atoms with E-state index in [1.807, 2.05) is 0 Å². The SMILES string of the molecule is CCCCCCC/C=C\C/C=C\CCCCCCCCCCCCOCC(COC1OC(COC2OC(CO)C(O)C(O)C2O)C(O)C(O)C1O)OC(=O)CCCCCCCCCCCCCCCCCCCC. The molecule has 0 spiro atoms. The summed E-state index contributed by atoms with van der Waals surface area (Å²) in [6.45, 7) is 3.73. The Labute approximate surface area is 449 Å². The third-order valence-electron chi connectivity index (χ3n) is 14.7. The van der Waals surface area contributed by atoms with E-state index < -0.39 is 80.7 Å². The topological polar surface area (TPSA) is 214 Å². The summed E-state index contributed by atoms with van der Waals surface area (Å²) < 4.78 is 34.4. The number of ether oxygens (including phenoxy) is 6. The normalized spacial score (nSPS) is 24.9. The maximum Gasteiger partial charge on any atom is 0.306 e. The molecule has 0 aromatic heterocycles. The Kier molecular flexibility index (Phi) is 44.0. The summed E-state index contributed by atoms with van der Waals surface area (Å²) in [4.78, 5) is 13.1. The van der Waals surface area contributed by atoms with Gasteiger partial charge in [0.05, 0.1) is 26.4 Å².